The van der Waals surface area contributed by atoms with E-state index in [1.54, 1.807) is 0 Å². The van der Waals surface area contributed by atoms with E-state index in [-0.39, 0.29) is 6.10 Å². The summed E-state index contributed by atoms with van der Waals surface area (Å²) >= 11 is 0. The molecule has 1 unspecified atom stereocenters. The Kier molecular flexibility index (Phi) is 2.90. The normalized spacial score (nSPS) is 36.0. The second kappa shape index (κ2) is 3.55. The van der Waals surface area contributed by atoms with Gasteiger partial charge in [0, 0.05) is 12.1 Å². The van der Waals surface area contributed by atoms with E-state index < -0.39 is 0 Å². The summed E-state index contributed by atoms with van der Waals surface area (Å²) in [4.78, 5) is 2.38. The summed E-state index contributed by atoms with van der Waals surface area (Å²) in [5.41, 5.74) is 0. The molecule has 0 aliphatic carbocycles. The predicted octanol–water partition coefficient (Wildman–Crippen LogP) is 1.24. The summed E-state index contributed by atoms with van der Waals surface area (Å²) in [6, 6.07) is 1.32. The van der Waals surface area contributed by atoms with Crippen LogP contribution in [0, 0.1) is 0 Å². The number of aliphatic hydroxyl groups excluding tert-OH is 1. The van der Waals surface area contributed by atoms with Gasteiger partial charge in [-0.2, -0.15) is 0 Å². The van der Waals surface area contributed by atoms with Crippen molar-refractivity contribution in [3.63, 3.8) is 0 Å². The fourth-order valence-electron chi connectivity index (χ4n) is 1.88. The summed E-state index contributed by atoms with van der Waals surface area (Å²) in [7, 11) is 2.16. The van der Waals surface area contributed by atoms with Crippen LogP contribution in [0.5, 0.6) is 0 Å². The Bertz CT molecular complexity index is 125. The number of rotatable bonds is 2. The Hall–Kier alpha value is -0.0800. The fraction of sp³-hybridized carbons (Fsp3) is 1.00. The van der Waals surface area contributed by atoms with Crippen molar-refractivity contribution in [2.45, 2.75) is 51.3 Å². The smallest absolute Gasteiger partial charge is 0.0527 e. The number of likely N-dealkylation sites (tertiary alicyclic amines) is 1. The summed E-state index contributed by atoms with van der Waals surface area (Å²) in [5, 5.41) is 9.19. The average Bonchev–Trinajstić information content (AvgIpc) is 2.18. The first-order valence-corrected chi connectivity index (χ1v) is 4.51. The molecule has 2 nitrogen and oxygen atoms in total. The van der Waals surface area contributed by atoms with E-state index >= 15 is 0 Å². The molecule has 0 aromatic carbocycles. The number of aliphatic hydroxyl groups is 1. The van der Waals surface area contributed by atoms with Gasteiger partial charge in [0.15, 0.2) is 0 Å². The van der Waals surface area contributed by atoms with Crippen LogP contribution in [0.4, 0.5) is 0 Å². The van der Waals surface area contributed by atoms with Crippen LogP contribution in [0.3, 0.4) is 0 Å². The zero-order valence-corrected chi connectivity index (χ0v) is 7.75. The van der Waals surface area contributed by atoms with Crippen LogP contribution >= 0.6 is 0 Å². The molecule has 1 aliphatic rings. The van der Waals surface area contributed by atoms with Crippen LogP contribution in [0.25, 0.3) is 0 Å². The highest BCUT2D eigenvalue weighted by molar-refractivity contribution is 4.83. The topological polar surface area (TPSA) is 23.5 Å². The minimum absolute atomic E-state index is 0.146. The maximum absolute atomic E-state index is 9.19. The van der Waals surface area contributed by atoms with E-state index in [0.29, 0.717) is 12.1 Å². The predicted molar refractivity (Wildman–Crippen MR) is 46.5 cm³/mol. The lowest BCUT2D eigenvalue weighted by Crippen LogP contribution is -2.32. The molecule has 1 aliphatic heterocycles. The minimum atomic E-state index is -0.146. The van der Waals surface area contributed by atoms with E-state index in [1.165, 1.54) is 12.8 Å². The van der Waals surface area contributed by atoms with Crippen molar-refractivity contribution in [3.05, 3.63) is 0 Å². The van der Waals surface area contributed by atoms with Crippen molar-refractivity contribution in [3.8, 4) is 0 Å². The molecular formula is C9H19NO. The number of hydrogen-bond acceptors (Lipinski definition) is 2. The van der Waals surface area contributed by atoms with Gasteiger partial charge in [0.05, 0.1) is 6.10 Å². The van der Waals surface area contributed by atoms with Gasteiger partial charge in [0.25, 0.3) is 0 Å². The third-order valence-corrected chi connectivity index (χ3v) is 2.80. The van der Waals surface area contributed by atoms with Crippen molar-refractivity contribution < 1.29 is 5.11 Å². The summed E-state index contributed by atoms with van der Waals surface area (Å²) in [6.45, 7) is 4.12. The third kappa shape index (κ3) is 2.17. The minimum Gasteiger partial charge on any atom is -0.393 e. The van der Waals surface area contributed by atoms with Crippen molar-refractivity contribution in [2.24, 2.45) is 0 Å². The Morgan fingerprint density at radius 3 is 2.55 bits per heavy atom. The Balaban J connectivity index is 2.36. The van der Waals surface area contributed by atoms with Crippen molar-refractivity contribution in [1.29, 1.82) is 0 Å². The first-order chi connectivity index (χ1) is 5.11. The van der Waals surface area contributed by atoms with Crippen molar-refractivity contribution in [2.75, 3.05) is 7.05 Å². The molecule has 2 heteroatoms. The van der Waals surface area contributed by atoms with Gasteiger partial charge in [-0.3, -0.25) is 0 Å². The van der Waals surface area contributed by atoms with Crippen molar-refractivity contribution >= 4 is 0 Å². The second-order valence-electron chi connectivity index (χ2n) is 3.83. The molecule has 11 heavy (non-hydrogen) atoms. The monoisotopic (exact) mass is 157 g/mol. The Morgan fingerprint density at radius 2 is 2.18 bits per heavy atom. The van der Waals surface area contributed by atoms with E-state index in [2.05, 4.69) is 18.9 Å². The molecule has 0 amide bonds. The molecule has 1 heterocycles. The second-order valence-corrected chi connectivity index (χ2v) is 3.83. The van der Waals surface area contributed by atoms with Gasteiger partial charge in [-0.25, -0.2) is 0 Å². The molecule has 0 aromatic heterocycles. The van der Waals surface area contributed by atoms with Crippen LogP contribution in [0.15, 0.2) is 0 Å². The van der Waals surface area contributed by atoms with Gasteiger partial charge in [-0.15, -0.1) is 0 Å². The molecule has 1 saturated heterocycles. The zero-order chi connectivity index (χ0) is 8.43. The molecule has 0 spiro atoms. The summed E-state index contributed by atoms with van der Waals surface area (Å²) in [6.07, 6.45) is 3.32. The lowest BCUT2D eigenvalue weighted by Gasteiger charge is -2.24. The lowest BCUT2D eigenvalue weighted by molar-refractivity contribution is 0.135. The maximum Gasteiger partial charge on any atom is 0.0527 e. The quantitative estimate of drug-likeness (QED) is 0.652. The molecule has 0 saturated carbocycles. The highest BCUT2D eigenvalue weighted by Crippen LogP contribution is 2.24. The standard InChI is InChI=1S/C9H19NO/c1-7-4-5-9(10(7)3)6-8(2)11/h7-9,11H,4-6H2,1-3H3/t7-,8?,9+/m0/s1. The van der Waals surface area contributed by atoms with Crippen LogP contribution in [0.1, 0.15) is 33.1 Å². The molecule has 0 bridgehead atoms. The SMILES string of the molecule is CC(O)C[C@H]1CC[C@H](C)N1C. The van der Waals surface area contributed by atoms with E-state index in [4.69, 9.17) is 0 Å². The van der Waals surface area contributed by atoms with E-state index in [0.717, 1.165) is 6.42 Å². The van der Waals surface area contributed by atoms with Crippen LogP contribution in [-0.4, -0.2) is 35.2 Å². The first-order valence-electron chi connectivity index (χ1n) is 4.51. The summed E-state index contributed by atoms with van der Waals surface area (Å²) < 4.78 is 0. The molecule has 0 radical (unpaired) electrons. The molecule has 1 rings (SSSR count). The largest absolute Gasteiger partial charge is 0.393 e. The van der Waals surface area contributed by atoms with Gasteiger partial charge < -0.3 is 10.0 Å². The van der Waals surface area contributed by atoms with Gasteiger partial charge in [0.2, 0.25) is 0 Å². The molecule has 66 valence electrons. The third-order valence-electron chi connectivity index (χ3n) is 2.80. The van der Waals surface area contributed by atoms with E-state index in [9.17, 15) is 5.11 Å². The van der Waals surface area contributed by atoms with Gasteiger partial charge in [0.1, 0.15) is 0 Å². The Labute approximate surface area is 69.2 Å². The molecule has 1 fully saturated rings. The molecule has 3 atom stereocenters. The lowest BCUT2D eigenvalue weighted by atomic mass is 10.1. The maximum atomic E-state index is 9.19. The highest BCUT2D eigenvalue weighted by atomic mass is 16.3. The van der Waals surface area contributed by atoms with Crippen LogP contribution in [-0.2, 0) is 0 Å². The zero-order valence-electron chi connectivity index (χ0n) is 7.75. The number of hydrogen-bond donors (Lipinski definition) is 1. The molecule has 0 aromatic rings. The molecular weight excluding hydrogens is 138 g/mol. The number of nitrogens with zero attached hydrogens (tertiary/aromatic N) is 1. The van der Waals surface area contributed by atoms with Crippen LogP contribution in [0.2, 0.25) is 0 Å². The van der Waals surface area contributed by atoms with Gasteiger partial charge in [-0.05, 0) is 40.2 Å². The van der Waals surface area contributed by atoms with E-state index in [1.807, 2.05) is 6.92 Å². The average molecular weight is 157 g/mol. The molecule has 1 N–H and O–H groups in total. The summed E-state index contributed by atoms with van der Waals surface area (Å²) in [5.74, 6) is 0. The Morgan fingerprint density at radius 1 is 1.55 bits per heavy atom. The fourth-order valence-corrected chi connectivity index (χ4v) is 1.88. The first kappa shape index (κ1) is 9.01. The van der Waals surface area contributed by atoms with Gasteiger partial charge >= 0.3 is 0 Å². The van der Waals surface area contributed by atoms with Gasteiger partial charge in [-0.1, -0.05) is 0 Å². The highest BCUT2D eigenvalue weighted by Gasteiger charge is 2.27. The van der Waals surface area contributed by atoms with Crippen LogP contribution < -0.4 is 0 Å². The van der Waals surface area contributed by atoms with Crippen molar-refractivity contribution in [1.82, 2.24) is 4.90 Å².